The van der Waals surface area contributed by atoms with Crippen LogP contribution in [0.5, 0.6) is 0 Å². The molecule has 0 unspecified atom stereocenters. The van der Waals surface area contributed by atoms with E-state index in [0.29, 0.717) is 28.7 Å². The number of ether oxygens (including phenoxy) is 1. The fourth-order valence-corrected chi connectivity index (χ4v) is 5.26. The minimum Gasteiger partial charge on any atom is -0.465 e. The van der Waals surface area contributed by atoms with Crippen molar-refractivity contribution in [3.05, 3.63) is 108 Å². The van der Waals surface area contributed by atoms with Crippen molar-refractivity contribution in [2.45, 2.75) is 31.8 Å². The number of aromatic nitrogens is 1. The molecule has 2 aromatic carbocycles. The fourth-order valence-electron chi connectivity index (χ4n) is 4.92. The lowest BCUT2D eigenvalue weighted by Gasteiger charge is -2.26. The molecular weight excluding hydrogens is 524 g/mol. The minimum absolute atomic E-state index is 0.0940. The van der Waals surface area contributed by atoms with Gasteiger partial charge in [-0.25, -0.2) is 4.79 Å². The highest BCUT2D eigenvalue weighted by atomic mass is 32.1. The Morgan fingerprint density at radius 2 is 1.90 bits per heavy atom. The molecule has 5 rings (SSSR count). The Kier molecular flexibility index (Phi) is 8.21. The summed E-state index contributed by atoms with van der Waals surface area (Å²) in [5, 5.41) is 6.94. The summed E-state index contributed by atoms with van der Waals surface area (Å²) >= 11 is 5.74. The summed E-state index contributed by atoms with van der Waals surface area (Å²) in [5.74, 6) is 0.758. The molecular formula is C31H30N4O4S. The summed E-state index contributed by atoms with van der Waals surface area (Å²) in [6.45, 7) is 2.44. The lowest BCUT2D eigenvalue weighted by molar-refractivity contribution is -0.116. The third-order valence-electron chi connectivity index (χ3n) is 6.94. The molecule has 4 aromatic rings. The van der Waals surface area contributed by atoms with Gasteiger partial charge in [0.25, 0.3) is 0 Å². The molecule has 0 radical (unpaired) electrons. The number of anilines is 1. The molecule has 0 aliphatic carbocycles. The van der Waals surface area contributed by atoms with Gasteiger partial charge in [-0.1, -0.05) is 43.3 Å². The predicted octanol–water partition coefficient (Wildman–Crippen LogP) is 5.69. The van der Waals surface area contributed by atoms with Crippen LogP contribution in [0.1, 0.15) is 52.8 Å². The summed E-state index contributed by atoms with van der Waals surface area (Å²) in [6, 6.07) is 23.8. The number of aryl methyl sites for hydroxylation is 1. The minimum atomic E-state index is -0.416. The van der Waals surface area contributed by atoms with Gasteiger partial charge in [-0.05, 0) is 66.7 Å². The molecule has 0 saturated carbocycles. The van der Waals surface area contributed by atoms with Gasteiger partial charge in [-0.15, -0.1) is 0 Å². The van der Waals surface area contributed by atoms with Crippen LogP contribution in [0.3, 0.4) is 0 Å². The zero-order valence-corrected chi connectivity index (χ0v) is 23.1. The monoisotopic (exact) mass is 554 g/mol. The molecule has 2 N–H and O–H groups in total. The number of nitrogens with one attached hydrogen (secondary N) is 2. The average Bonchev–Trinajstić information content (AvgIpc) is 3.61. The largest absolute Gasteiger partial charge is 0.465 e. The second kappa shape index (κ2) is 12.1. The number of benzene rings is 2. The lowest BCUT2D eigenvalue weighted by Crippen LogP contribution is -2.32. The number of nitrogens with zero attached hydrogens (tertiary/aromatic N) is 2. The van der Waals surface area contributed by atoms with E-state index >= 15 is 0 Å². The SMILES string of the molecule is CCc1ccccc1NC(=O)CCN1C(=S)N[C@H](c2ccccn2)[C@@H]1c1ccc(-c2cccc(C(=O)OC)c2)o1. The molecule has 0 spiro atoms. The Hall–Kier alpha value is -4.50. The summed E-state index contributed by atoms with van der Waals surface area (Å²) in [7, 11) is 1.35. The van der Waals surface area contributed by atoms with E-state index in [4.69, 9.17) is 21.4 Å². The molecule has 1 fully saturated rings. The molecule has 3 heterocycles. The normalized spacial score (nSPS) is 16.4. The number of pyridine rings is 1. The van der Waals surface area contributed by atoms with Crippen LogP contribution >= 0.6 is 12.2 Å². The summed E-state index contributed by atoms with van der Waals surface area (Å²) < 4.78 is 11.2. The molecule has 2 atom stereocenters. The molecule has 40 heavy (non-hydrogen) atoms. The topological polar surface area (TPSA) is 96.7 Å². The number of methoxy groups -OCH3 is 1. The quantitative estimate of drug-likeness (QED) is 0.201. The van der Waals surface area contributed by atoms with Gasteiger partial charge in [0.05, 0.1) is 24.4 Å². The van der Waals surface area contributed by atoms with Gasteiger partial charge < -0.3 is 24.7 Å². The van der Waals surface area contributed by atoms with Crippen molar-refractivity contribution < 1.29 is 18.7 Å². The molecule has 9 heteroatoms. The maximum Gasteiger partial charge on any atom is 0.337 e. The number of hydrogen-bond acceptors (Lipinski definition) is 6. The highest BCUT2D eigenvalue weighted by Gasteiger charge is 2.41. The summed E-state index contributed by atoms with van der Waals surface area (Å²) in [5.41, 5.74) is 3.90. The lowest BCUT2D eigenvalue weighted by atomic mass is 10.0. The van der Waals surface area contributed by atoms with E-state index in [9.17, 15) is 9.59 Å². The Morgan fingerprint density at radius 3 is 2.67 bits per heavy atom. The number of thiocarbonyl (C=S) groups is 1. The van der Waals surface area contributed by atoms with Crippen molar-refractivity contribution in [1.82, 2.24) is 15.2 Å². The van der Waals surface area contributed by atoms with Gasteiger partial charge in [-0.3, -0.25) is 9.78 Å². The number of esters is 1. The second-order valence-corrected chi connectivity index (χ2v) is 9.79. The zero-order chi connectivity index (χ0) is 28.1. The van der Waals surface area contributed by atoms with E-state index in [1.54, 1.807) is 24.4 Å². The first-order valence-electron chi connectivity index (χ1n) is 13.1. The number of amides is 1. The second-order valence-electron chi connectivity index (χ2n) is 9.40. The van der Waals surface area contributed by atoms with Crippen molar-refractivity contribution in [2.24, 2.45) is 0 Å². The number of furan rings is 1. The number of carbonyl (C=O) groups is 2. The van der Waals surface area contributed by atoms with Crippen LogP contribution in [0, 0.1) is 0 Å². The molecule has 1 saturated heterocycles. The first-order chi connectivity index (χ1) is 19.5. The number of hydrogen-bond donors (Lipinski definition) is 2. The van der Waals surface area contributed by atoms with Crippen molar-refractivity contribution in [1.29, 1.82) is 0 Å². The summed E-state index contributed by atoms with van der Waals surface area (Å²) in [6.07, 6.45) is 2.80. The molecule has 8 nitrogen and oxygen atoms in total. The van der Waals surface area contributed by atoms with Gasteiger partial charge in [0, 0.05) is 30.4 Å². The van der Waals surface area contributed by atoms with Crippen LogP contribution in [0.4, 0.5) is 5.69 Å². The maximum atomic E-state index is 13.0. The van der Waals surface area contributed by atoms with Gasteiger partial charge >= 0.3 is 5.97 Å². The van der Waals surface area contributed by atoms with E-state index in [0.717, 1.165) is 28.9 Å². The predicted molar refractivity (Wildman–Crippen MR) is 157 cm³/mol. The van der Waals surface area contributed by atoms with E-state index in [2.05, 4.69) is 22.5 Å². The first kappa shape index (κ1) is 27.1. The van der Waals surface area contributed by atoms with Gasteiger partial charge in [0.1, 0.15) is 17.6 Å². The van der Waals surface area contributed by atoms with Crippen LogP contribution in [-0.4, -0.2) is 40.5 Å². The smallest absolute Gasteiger partial charge is 0.337 e. The van der Waals surface area contributed by atoms with Crippen molar-refractivity contribution in [3.63, 3.8) is 0 Å². The molecule has 0 bridgehead atoms. The highest BCUT2D eigenvalue weighted by Crippen LogP contribution is 2.40. The fraction of sp³-hybridized carbons (Fsp3) is 0.226. The van der Waals surface area contributed by atoms with E-state index < -0.39 is 5.97 Å². The van der Waals surface area contributed by atoms with Gasteiger partial charge in [-0.2, -0.15) is 0 Å². The highest BCUT2D eigenvalue weighted by molar-refractivity contribution is 7.80. The number of rotatable bonds is 9. The number of para-hydroxylation sites is 1. The molecule has 204 valence electrons. The number of carbonyl (C=O) groups excluding carboxylic acids is 2. The Bertz CT molecular complexity index is 1520. The van der Waals surface area contributed by atoms with E-state index in [1.807, 2.05) is 65.6 Å². The summed E-state index contributed by atoms with van der Waals surface area (Å²) in [4.78, 5) is 31.6. The van der Waals surface area contributed by atoms with Crippen molar-refractivity contribution in [2.75, 3.05) is 19.0 Å². The van der Waals surface area contributed by atoms with Crippen LogP contribution < -0.4 is 10.6 Å². The molecule has 2 aromatic heterocycles. The van der Waals surface area contributed by atoms with Gasteiger partial charge in [0.15, 0.2) is 5.11 Å². The van der Waals surface area contributed by atoms with E-state index in [1.165, 1.54) is 7.11 Å². The maximum absolute atomic E-state index is 13.0. The molecule has 1 amide bonds. The van der Waals surface area contributed by atoms with Crippen molar-refractivity contribution in [3.8, 4) is 11.3 Å². The van der Waals surface area contributed by atoms with Crippen LogP contribution in [0.25, 0.3) is 11.3 Å². The van der Waals surface area contributed by atoms with Crippen LogP contribution in [-0.2, 0) is 16.0 Å². The zero-order valence-electron chi connectivity index (χ0n) is 22.3. The molecule has 1 aliphatic rings. The van der Waals surface area contributed by atoms with Crippen LogP contribution in [0.15, 0.2) is 89.5 Å². The first-order valence-corrected chi connectivity index (χ1v) is 13.5. The standard InChI is InChI=1S/C31H30N4O4S/c1-3-20-9-4-5-12-23(20)33-27(36)16-18-35-29(28(34-31(35)40)24-13-6-7-17-32-24)26-15-14-25(39-26)21-10-8-11-22(19-21)30(37)38-2/h4-15,17,19,28-29H,3,16,18H2,1-2H3,(H,33,36)(H,34,40)/t28-,29+/m1/s1. The van der Waals surface area contributed by atoms with Gasteiger partial charge in [0.2, 0.25) is 5.91 Å². The Balaban J connectivity index is 1.40. The average molecular weight is 555 g/mol. The van der Waals surface area contributed by atoms with Crippen molar-refractivity contribution >= 4 is 34.9 Å². The Morgan fingerprint density at radius 1 is 1.07 bits per heavy atom. The Labute approximate surface area is 238 Å². The van der Waals surface area contributed by atoms with Crippen LogP contribution in [0.2, 0.25) is 0 Å². The molecule has 1 aliphatic heterocycles. The van der Waals surface area contributed by atoms with E-state index in [-0.39, 0.29) is 24.4 Å². The third kappa shape index (κ3) is 5.74. The third-order valence-corrected chi connectivity index (χ3v) is 7.29.